The van der Waals surface area contributed by atoms with Gasteiger partial charge in [-0.2, -0.15) is 5.26 Å². The van der Waals surface area contributed by atoms with E-state index in [1.165, 1.54) is 0 Å². The fraction of sp³-hybridized carbons (Fsp3) is 0.375. The lowest BCUT2D eigenvalue weighted by molar-refractivity contribution is 0.279. The Morgan fingerprint density at radius 2 is 2.14 bits per heavy atom. The maximum Gasteiger partial charge on any atom is 0.253 e. The zero-order valence-corrected chi connectivity index (χ0v) is 13.0. The molecule has 0 aliphatic heterocycles. The van der Waals surface area contributed by atoms with E-state index in [-0.39, 0.29) is 24.1 Å². The van der Waals surface area contributed by atoms with Crippen LogP contribution < -0.4 is 15.2 Å². The molecule has 0 saturated carbocycles. The van der Waals surface area contributed by atoms with Crippen molar-refractivity contribution in [3.05, 3.63) is 35.4 Å². The van der Waals surface area contributed by atoms with Gasteiger partial charge in [0.15, 0.2) is 5.56 Å². The number of ether oxygens (including phenoxy) is 2. The van der Waals surface area contributed by atoms with Gasteiger partial charge in [0.05, 0.1) is 13.2 Å². The van der Waals surface area contributed by atoms with Crippen molar-refractivity contribution in [3.63, 3.8) is 0 Å². The van der Waals surface area contributed by atoms with E-state index in [2.05, 4.69) is 11.2 Å². The fourth-order valence-corrected chi connectivity index (χ4v) is 2.11. The van der Waals surface area contributed by atoms with E-state index in [9.17, 15) is 5.26 Å². The summed E-state index contributed by atoms with van der Waals surface area (Å²) in [5.74, 6) is 1.33. The summed E-state index contributed by atoms with van der Waals surface area (Å²) in [4.78, 5) is 0. The molecule has 6 nitrogen and oxygen atoms in total. The maximum absolute atomic E-state index is 9.28. The number of hydrogen-bond donors (Lipinski definition) is 1. The fourth-order valence-electron chi connectivity index (χ4n) is 2.11. The largest absolute Gasteiger partial charge is 0.496 e. The standard InChI is InChI=1S/C16H20N4O2/c1-4-11(2)20-15(18)13(9-17)16(19-20)22-10-12-7-5-6-8-14(12)21-3/h5-8,11H,4,10,18H2,1-3H3/t11-/m0/s1. The first-order chi connectivity index (χ1) is 10.6. The van der Waals surface area contributed by atoms with Gasteiger partial charge in [0.2, 0.25) is 0 Å². The van der Waals surface area contributed by atoms with Gasteiger partial charge in [-0.1, -0.05) is 25.1 Å². The zero-order chi connectivity index (χ0) is 16.1. The summed E-state index contributed by atoms with van der Waals surface area (Å²) in [5, 5.41) is 13.6. The average molecular weight is 300 g/mol. The SMILES string of the molecule is CC[C@H](C)n1nc(OCc2ccccc2OC)c(C#N)c1N. The number of rotatable bonds is 6. The highest BCUT2D eigenvalue weighted by Gasteiger charge is 2.19. The van der Waals surface area contributed by atoms with Crippen LogP contribution in [0.15, 0.2) is 24.3 Å². The first-order valence-corrected chi connectivity index (χ1v) is 7.15. The predicted molar refractivity (Wildman–Crippen MR) is 83.7 cm³/mol. The van der Waals surface area contributed by atoms with Gasteiger partial charge in [0, 0.05) is 5.56 Å². The van der Waals surface area contributed by atoms with Gasteiger partial charge in [-0.15, -0.1) is 5.10 Å². The summed E-state index contributed by atoms with van der Waals surface area (Å²) in [7, 11) is 1.61. The van der Waals surface area contributed by atoms with E-state index in [4.69, 9.17) is 15.2 Å². The first kappa shape index (κ1) is 15.7. The molecule has 2 rings (SSSR count). The predicted octanol–water partition coefficient (Wildman–Crippen LogP) is 2.90. The highest BCUT2D eigenvalue weighted by Crippen LogP contribution is 2.28. The normalized spacial score (nSPS) is 11.7. The minimum atomic E-state index is 0.107. The topological polar surface area (TPSA) is 86.1 Å². The van der Waals surface area contributed by atoms with E-state index >= 15 is 0 Å². The highest BCUT2D eigenvalue weighted by atomic mass is 16.5. The Morgan fingerprint density at radius 1 is 1.41 bits per heavy atom. The summed E-state index contributed by atoms with van der Waals surface area (Å²) in [6, 6.07) is 9.72. The Balaban J connectivity index is 2.25. The molecular weight excluding hydrogens is 280 g/mol. The van der Waals surface area contributed by atoms with Gasteiger partial charge >= 0.3 is 0 Å². The van der Waals surface area contributed by atoms with Crippen molar-refractivity contribution in [3.8, 4) is 17.7 Å². The average Bonchev–Trinajstić information content (AvgIpc) is 2.88. The van der Waals surface area contributed by atoms with Crippen LogP contribution >= 0.6 is 0 Å². The molecule has 0 saturated heterocycles. The zero-order valence-electron chi connectivity index (χ0n) is 13.0. The van der Waals surface area contributed by atoms with E-state index in [0.29, 0.717) is 5.82 Å². The number of methoxy groups -OCH3 is 1. The van der Waals surface area contributed by atoms with Gasteiger partial charge in [-0.3, -0.25) is 0 Å². The molecule has 0 bridgehead atoms. The van der Waals surface area contributed by atoms with Crippen LogP contribution in [-0.2, 0) is 6.61 Å². The summed E-state index contributed by atoms with van der Waals surface area (Å²) >= 11 is 0. The van der Waals surface area contributed by atoms with Crippen LogP contribution in [0.25, 0.3) is 0 Å². The number of hydrogen-bond acceptors (Lipinski definition) is 5. The van der Waals surface area contributed by atoms with E-state index in [0.717, 1.165) is 17.7 Å². The molecule has 0 spiro atoms. The Morgan fingerprint density at radius 3 is 2.77 bits per heavy atom. The van der Waals surface area contributed by atoms with Crippen LogP contribution in [0, 0.1) is 11.3 Å². The molecule has 1 atom stereocenters. The molecule has 0 aliphatic carbocycles. The first-order valence-electron chi connectivity index (χ1n) is 7.15. The molecule has 1 aromatic carbocycles. The minimum absolute atomic E-state index is 0.107. The van der Waals surface area contributed by atoms with Crippen molar-refractivity contribution in [2.24, 2.45) is 0 Å². The molecule has 0 radical (unpaired) electrons. The monoisotopic (exact) mass is 300 g/mol. The molecule has 2 N–H and O–H groups in total. The number of para-hydroxylation sites is 1. The molecule has 0 unspecified atom stereocenters. The van der Waals surface area contributed by atoms with Gasteiger partial charge in [-0.05, 0) is 19.4 Å². The van der Waals surface area contributed by atoms with Crippen molar-refractivity contribution in [1.29, 1.82) is 5.26 Å². The number of anilines is 1. The number of nitriles is 1. The molecule has 0 fully saturated rings. The van der Waals surface area contributed by atoms with Crippen molar-refractivity contribution in [1.82, 2.24) is 9.78 Å². The minimum Gasteiger partial charge on any atom is -0.496 e. The Hall–Kier alpha value is -2.68. The molecule has 22 heavy (non-hydrogen) atoms. The summed E-state index contributed by atoms with van der Waals surface area (Å²) in [6.45, 7) is 4.29. The molecule has 6 heteroatoms. The smallest absolute Gasteiger partial charge is 0.253 e. The lowest BCUT2D eigenvalue weighted by atomic mass is 10.2. The van der Waals surface area contributed by atoms with Crippen LogP contribution in [0.1, 0.15) is 37.4 Å². The molecule has 1 heterocycles. The van der Waals surface area contributed by atoms with Crippen molar-refractivity contribution >= 4 is 5.82 Å². The lowest BCUT2D eigenvalue weighted by Crippen LogP contribution is -2.09. The maximum atomic E-state index is 9.28. The van der Waals surface area contributed by atoms with Gasteiger partial charge < -0.3 is 15.2 Å². The molecule has 0 amide bonds. The number of nitrogen functional groups attached to an aromatic ring is 1. The van der Waals surface area contributed by atoms with E-state index in [1.54, 1.807) is 11.8 Å². The van der Waals surface area contributed by atoms with Crippen molar-refractivity contribution in [2.75, 3.05) is 12.8 Å². The second-order valence-corrected chi connectivity index (χ2v) is 4.98. The number of aromatic nitrogens is 2. The van der Waals surface area contributed by atoms with Crippen LogP contribution in [-0.4, -0.2) is 16.9 Å². The molecule has 0 aliphatic rings. The summed E-state index contributed by atoms with van der Waals surface area (Å²) in [5.41, 5.74) is 7.14. The third-order valence-electron chi connectivity index (χ3n) is 3.59. The second kappa shape index (κ2) is 6.85. The van der Waals surface area contributed by atoms with E-state index in [1.807, 2.05) is 38.1 Å². The highest BCUT2D eigenvalue weighted by molar-refractivity contribution is 5.55. The van der Waals surface area contributed by atoms with Crippen molar-refractivity contribution < 1.29 is 9.47 Å². The van der Waals surface area contributed by atoms with Crippen LogP contribution in [0.2, 0.25) is 0 Å². The lowest BCUT2D eigenvalue weighted by Gasteiger charge is -2.10. The molecule has 116 valence electrons. The Labute approximate surface area is 130 Å². The van der Waals surface area contributed by atoms with Gasteiger partial charge in [0.25, 0.3) is 5.88 Å². The summed E-state index contributed by atoms with van der Waals surface area (Å²) < 4.78 is 12.6. The number of nitrogens with two attached hydrogens (primary N) is 1. The molecule has 1 aromatic heterocycles. The van der Waals surface area contributed by atoms with Crippen molar-refractivity contribution in [2.45, 2.75) is 32.9 Å². The van der Waals surface area contributed by atoms with Gasteiger partial charge in [-0.25, -0.2) is 4.68 Å². The Bertz CT molecular complexity index is 688. The van der Waals surface area contributed by atoms with Crippen LogP contribution in [0.5, 0.6) is 11.6 Å². The summed E-state index contributed by atoms with van der Waals surface area (Å²) in [6.07, 6.45) is 0.864. The molecule has 2 aromatic rings. The quantitative estimate of drug-likeness (QED) is 0.886. The number of benzene rings is 1. The third kappa shape index (κ3) is 2.98. The third-order valence-corrected chi connectivity index (χ3v) is 3.59. The second-order valence-electron chi connectivity index (χ2n) is 4.98. The van der Waals surface area contributed by atoms with E-state index < -0.39 is 0 Å². The molecular formula is C16H20N4O2. The van der Waals surface area contributed by atoms with Crippen LogP contribution in [0.4, 0.5) is 5.82 Å². The number of nitrogens with zero attached hydrogens (tertiary/aromatic N) is 3. The van der Waals surface area contributed by atoms with Gasteiger partial charge in [0.1, 0.15) is 24.2 Å². The Kier molecular flexibility index (Phi) is 4.89. The van der Waals surface area contributed by atoms with Crippen LogP contribution in [0.3, 0.4) is 0 Å².